The molecular formula is C22H33N3O4S. The van der Waals surface area contributed by atoms with Gasteiger partial charge in [0.05, 0.1) is 24.2 Å². The average molecular weight is 436 g/mol. The molecule has 2 atom stereocenters. The monoisotopic (exact) mass is 435 g/mol. The number of fused-ring (bicyclic) bond motifs is 4. The van der Waals surface area contributed by atoms with Crippen LogP contribution < -0.4 is 9.64 Å². The fourth-order valence-corrected chi connectivity index (χ4v) is 6.48. The van der Waals surface area contributed by atoms with Crippen LogP contribution in [-0.4, -0.2) is 81.1 Å². The Morgan fingerprint density at radius 1 is 1.07 bits per heavy atom. The second-order valence-electron chi connectivity index (χ2n) is 9.48. The molecule has 4 heterocycles. The number of carbonyl (C=O) groups is 1. The number of amides is 2. The SMILES string of the molecule is CCOc1ccc(N2CC3CN(C(=O)N4CCS(=O)(=O)CC4)CC2C(C)(C)C3)cc1. The minimum absolute atomic E-state index is 0.00820. The summed E-state index contributed by atoms with van der Waals surface area (Å²) < 4.78 is 29.1. The van der Waals surface area contributed by atoms with Crippen LogP contribution in [0.2, 0.25) is 0 Å². The van der Waals surface area contributed by atoms with Crippen molar-refractivity contribution in [1.82, 2.24) is 9.80 Å². The maximum Gasteiger partial charge on any atom is 0.320 e. The number of urea groups is 1. The Balaban J connectivity index is 1.53. The van der Waals surface area contributed by atoms with Crippen molar-refractivity contribution in [3.8, 4) is 5.75 Å². The summed E-state index contributed by atoms with van der Waals surface area (Å²) in [6.07, 6.45) is 1.09. The number of hydrogen-bond acceptors (Lipinski definition) is 5. The Morgan fingerprint density at radius 3 is 2.37 bits per heavy atom. The molecule has 0 saturated carbocycles. The Bertz CT molecular complexity index is 870. The van der Waals surface area contributed by atoms with Gasteiger partial charge in [-0.05, 0) is 48.9 Å². The molecule has 0 N–H and O–H groups in total. The van der Waals surface area contributed by atoms with Crippen LogP contribution in [0.5, 0.6) is 5.75 Å². The summed E-state index contributed by atoms with van der Waals surface area (Å²) in [7, 11) is -3.00. The van der Waals surface area contributed by atoms with Crippen LogP contribution in [0.4, 0.5) is 10.5 Å². The van der Waals surface area contributed by atoms with Gasteiger partial charge in [-0.1, -0.05) is 13.8 Å². The zero-order chi connectivity index (χ0) is 21.5. The lowest BCUT2D eigenvalue weighted by molar-refractivity contribution is 0.153. The van der Waals surface area contributed by atoms with Gasteiger partial charge >= 0.3 is 6.03 Å². The Hall–Kier alpha value is -1.96. The quantitative estimate of drug-likeness (QED) is 0.730. The number of benzene rings is 1. The van der Waals surface area contributed by atoms with Gasteiger partial charge in [-0.3, -0.25) is 0 Å². The van der Waals surface area contributed by atoms with Gasteiger partial charge in [0.1, 0.15) is 5.75 Å². The first-order valence-electron chi connectivity index (χ1n) is 10.9. The Labute approximate surface area is 179 Å². The van der Waals surface area contributed by atoms with E-state index in [1.165, 1.54) is 5.69 Å². The molecule has 0 aromatic heterocycles. The highest BCUT2D eigenvalue weighted by molar-refractivity contribution is 7.91. The molecule has 0 radical (unpaired) electrons. The van der Waals surface area contributed by atoms with Crippen LogP contribution in [-0.2, 0) is 9.84 Å². The predicted octanol–water partition coefficient (Wildman–Crippen LogP) is 2.47. The normalized spacial score (nSPS) is 27.6. The van der Waals surface area contributed by atoms with E-state index in [-0.39, 0.29) is 29.0 Å². The number of sulfone groups is 1. The van der Waals surface area contributed by atoms with E-state index in [0.29, 0.717) is 32.2 Å². The van der Waals surface area contributed by atoms with Gasteiger partial charge in [-0.15, -0.1) is 0 Å². The molecular weight excluding hydrogens is 402 g/mol. The summed E-state index contributed by atoms with van der Waals surface area (Å²) in [4.78, 5) is 19.4. The fourth-order valence-electron chi connectivity index (χ4n) is 5.28. The number of anilines is 1. The molecule has 5 rings (SSSR count). The molecule has 4 saturated heterocycles. The molecule has 4 aliphatic heterocycles. The van der Waals surface area contributed by atoms with Gasteiger partial charge in [-0.2, -0.15) is 0 Å². The molecule has 2 bridgehead atoms. The molecule has 2 amide bonds. The number of carbonyl (C=O) groups excluding carboxylic acids is 1. The molecule has 4 fully saturated rings. The maximum atomic E-state index is 13.2. The minimum atomic E-state index is -3.00. The van der Waals surface area contributed by atoms with Crippen LogP contribution in [0.15, 0.2) is 24.3 Å². The van der Waals surface area contributed by atoms with Crippen molar-refractivity contribution in [2.75, 3.05) is 55.7 Å². The van der Waals surface area contributed by atoms with Crippen molar-refractivity contribution in [1.29, 1.82) is 0 Å². The lowest BCUT2D eigenvalue weighted by atomic mass is 9.73. The number of hydrogen-bond donors (Lipinski definition) is 0. The molecule has 8 heteroatoms. The summed E-state index contributed by atoms with van der Waals surface area (Å²) in [6, 6.07) is 8.47. The third-order valence-corrected chi connectivity index (χ3v) is 8.39. The summed E-state index contributed by atoms with van der Waals surface area (Å²) in [6.45, 7) is 10.2. The zero-order valence-electron chi connectivity index (χ0n) is 18.2. The van der Waals surface area contributed by atoms with Gasteiger partial charge in [0.15, 0.2) is 9.84 Å². The number of rotatable bonds is 3. The van der Waals surface area contributed by atoms with Crippen LogP contribution in [0, 0.1) is 11.3 Å². The van der Waals surface area contributed by atoms with Gasteiger partial charge < -0.3 is 19.4 Å². The zero-order valence-corrected chi connectivity index (χ0v) is 19.0. The van der Waals surface area contributed by atoms with E-state index in [4.69, 9.17) is 4.74 Å². The smallest absolute Gasteiger partial charge is 0.320 e. The standard InChI is InChI=1S/C22H33N3O4S/c1-4-29-19-7-5-18(6-8-19)25-15-17-13-22(2,3)20(25)16-24(14-17)21(26)23-9-11-30(27,28)12-10-23/h5-8,17,20H,4,9-16H2,1-3H3. The number of nitrogens with zero attached hydrogens (tertiary/aromatic N) is 3. The van der Waals surface area contributed by atoms with Crippen molar-refractivity contribution in [2.45, 2.75) is 33.2 Å². The first-order chi connectivity index (χ1) is 14.2. The molecule has 0 aliphatic carbocycles. The molecule has 166 valence electrons. The summed E-state index contributed by atoms with van der Waals surface area (Å²) in [5.74, 6) is 1.41. The van der Waals surface area contributed by atoms with Crippen LogP contribution in [0.1, 0.15) is 27.2 Å². The van der Waals surface area contributed by atoms with E-state index in [1.807, 2.05) is 24.0 Å². The first kappa shape index (κ1) is 21.3. The second kappa shape index (κ2) is 7.94. The molecule has 1 aromatic carbocycles. The van der Waals surface area contributed by atoms with Gasteiger partial charge in [0.25, 0.3) is 0 Å². The van der Waals surface area contributed by atoms with E-state index in [2.05, 4.69) is 30.9 Å². The highest BCUT2D eigenvalue weighted by atomic mass is 32.2. The van der Waals surface area contributed by atoms with Crippen molar-refractivity contribution >= 4 is 21.6 Å². The van der Waals surface area contributed by atoms with Crippen molar-refractivity contribution in [3.05, 3.63) is 24.3 Å². The first-order valence-corrected chi connectivity index (χ1v) is 12.7. The summed E-state index contributed by atoms with van der Waals surface area (Å²) >= 11 is 0. The van der Waals surface area contributed by atoms with Crippen molar-refractivity contribution in [3.63, 3.8) is 0 Å². The summed E-state index contributed by atoms with van der Waals surface area (Å²) in [5, 5.41) is 0. The largest absolute Gasteiger partial charge is 0.494 e. The van der Waals surface area contributed by atoms with Crippen LogP contribution in [0.25, 0.3) is 0 Å². The molecule has 2 unspecified atom stereocenters. The van der Waals surface area contributed by atoms with Gasteiger partial charge in [0.2, 0.25) is 0 Å². The average Bonchev–Trinajstić information content (AvgIpc) is 2.95. The lowest BCUT2D eigenvalue weighted by Gasteiger charge is -2.48. The van der Waals surface area contributed by atoms with E-state index in [0.717, 1.165) is 25.3 Å². The van der Waals surface area contributed by atoms with E-state index in [9.17, 15) is 13.2 Å². The fraction of sp³-hybridized carbons (Fsp3) is 0.682. The molecule has 30 heavy (non-hydrogen) atoms. The molecule has 7 nitrogen and oxygen atoms in total. The maximum absolute atomic E-state index is 13.2. The molecule has 4 aliphatic rings. The van der Waals surface area contributed by atoms with Gasteiger partial charge in [-0.25, -0.2) is 13.2 Å². The Kier molecular flexibility index (Phi) is 5.64. The van der Waals surface area contributed by atoms with Crippen molar-refractivity contribution < 1.29 is 17.9 Å². The van der Waals surface area contributed by atoms with E-state index >= 15 is 0 Å². The second-order valence-corrected chi connectivity index (χ2v) is 11.8. The predicted molar refractivity (Wildman–Crippen MR) is 118 cm³/mol. The minimum Gasteiger partial charge on any atom is -0.494 e. The van der Waals surface area contributed by atoms with Gasteiger partial charge in [0, 0.05) is 38.4 Å². The highest BCUT2D eigenvalue weighted by Gasteiger charge is 2.47. The van der Waals surface area contributed by atoms with Crippen LogP contribution in [0.3, 0.4) is 0 Å². The van der Waals surface area contributed by atoms with Crippen molar-refractivity contribution in [2.24, 2.45) is 11.3 Å². The van der Waals surface area contributed by atoms with E-state index in [1.54, 1.807) is 4.90 Å². The Morgan fingerprint density at radius 2 is 1.73 bits per heavy atom. The van der Waals surface area contributed by atoms with E-state index < -0.39 is 9.84 Å². The molecule has 0 spiro atoms. The molecule has 1 aromatic rings. The third kappa shape index (κ3) is 4.24. The lowest BCUT2D eigenvalue weighted by Crippen LogP contribution is -2.55. The van der Waals surface area contributed by atoms with Crippen LogP contribution >= 0.6 is 0 Å². The third-order valence-electron chi connectivity index (χ3n) is 6.78. The number of ether oxygens (including phenoxy) is 1. The highest BCUT2D eigenvalue weighted by Crippen LogP contribution is 2.43. The number of piperidine rings is 1. The topological polar surface area (TPSA) is 70.2 Å². The summed E-state index contributed by atoms with van der Waals surface area (Å²) in [5.41, 5.74) is 1.25.